The van der Waals surface area contributed by atoms with Crippen molar-refractivity contribution in [3.05, 3.63) is 29.3 Å². The third-order valence-electron chi connectivity index (χ3n) is 3.32. The Morgan fingerprint density at radius 3 is 2.72 bits per heavy atom. The van der Waals surface area contributed by atoms with Crippen LogP contribution in [-0.2, 0) is 12.8 Å². The van der Waals surface area contributed by atoms with Crippen molar-refractivity contribution in [2.24, 2.45) is 0 Å². The Morgan fingerprint density at radius 1 is 1.17 bits per heavy atom. The summed E-state index contributed by atoms with van der Waals surface area (Å²) in [5.74, 6) is 1.03. The van der Waals surface area contributed by atoms with E-state index in [-0.39, 0.29) is 5.54 Å². The molecule has 0 spiro atoms. The Bertz CT molecular complexity index is 393. The van der Waals surface area contributed by atoms with Gasteiger partial charge in [0.05, 0.1) is 6.61 Å². The van der Waals surface area contributed by atoms with Gasteiger partial charge in [-0.15, -0.1) is 0 Å². The second-order valence-corrected chi connectivity index (χ2v) is 6.16. The summed E-state index contributed by atoms with van der Waals surface area (Å²) in [5, 5.41) is 3.47. The largest absolute Gasteiger partial charge is 0.494 e. The quantitative estimate of drug-likeness (QED) is 0.806. The average Bonchev–Trinajstić information content (AvgIpc) is 2.74. The summed E-state index contributed by atoms with van der Waals surface area (Å²) >= 11 is 0. The summed E-state index contributed by atoms with van der Waals surface area (Å²) in [7, 11) is 0. The van der Waals surface area contributed by atoms with E-state index in [1.807, 2.05) is 0 Å². The van der Waals surface area contributed by atoms with Crippen LogP contribution in [0.1, 0.15) is 44.7 Å². The summed E-state index contributed by atoms with van der Waals surface area (Å²) in [6, 6.07) is 6.56. The summed E-state index contributed by atoms with van der Waals surface area (Å²) < 4.78 is 5.81. The minimum absolute atomic E-state index is 0.202. The molecule has 0 saturated heterocycles. The van der Waals surface area contributed by atoms with Crippen molar-refractivity contribution in [3.8, 4) is 5.75 Å². The smallest absolute Gasteiger partial charge is 0.119 e. The third-order valence-corrected chi connectivity index (χ3v) is 3.32. The first kappa shape index (κ1) is 13.4. The van der Waals surface area contributed by atoms with Crippen LogP contribution in [0.5, 0.6) is 5.75 Å². The van der Waals surface area contributed by atoms with Crippen LogP contribution in [0.25, 0.3) is 0 Å². The zero-order chi connectivity index (χ0) is 13.0. The average molecular weight is 247 g/mol. The van der Waals surface area contributed by atoms with Gasteiger partial charge in [0.1, 0.15) is 5.75 Å². The predicted octanol–water partition coefficient (Wildman–Crippen LogP) is 3.33. The van der Waals surface area contributed by atoms with Gasteiger partial charge in [0.15, 0.2) is 0 Å². The van der Waals surface area contributed by atoms with Gasteiger partial charge in [-0.3, -0.25) is 0 Å². The van der Waals surface area contributed by atoms with Crippen molar-refractivity contribution < 1.29 is 4.74 Å². The first-order chi connectivity index (χ1) is 8.54. The fraction of sp³-hybridized carbons (Fsp3) is 0.625. The molecule has 1 N–H and O–H groups in total. The number of rotatable bonds is 5. The van der Waals surface area contributed by atoms with Crippen LogP contribution in [0.15, 0.2) is 18.2 Å². The zero-order valence-electron chi connectivity index (χ0n) is 11.9. The van der Waals surface area contributed by atoms with Crippen LogP contribution >= 0.6 is 0 Å². The van der Waals surface area contributed by atoms with Gasteiger partial charge in [-0.2, -0.15) is 0 Å². The lowest BCUT2D eigenvalue weighted by molar-refractivity contribution is 0.298. The van der Waals surface area contributed by atoms with E-state index in [1.54, 1.807) is 0 Å². The molecule has 0 radical (unpaired) electrons. The molecule has 0 fully saturated rings. The number of benzene rings is 1. The van der Waals surface area contributed by atoms with Crippen LogP contribution in [0.4, 0.5) is 0 Å². The van der Waals surface area contributed by atoms with Crippen molar-refractivity contribution in [3.63, 3.8) is 0 Å². The molecule has 0 atom stereocenters. The summed E-state index contributed by atoms with van der Waals surface area (Å²) in [5.41, 5.74) is 3.20. The topological polar surface area (TPSA) is 21.3 Å². The molecular formula is C16H25NO. The van der Waals surface area contributed by atoms with E-state index >= 15 is 0 Å². The Morgan fingerprint density at radius 2 is 1.94 bits per heavy atom. The lowest BCUT2D eigenvalue weighted by Gasteiger charge is -2.20. The molecule has 100 valence electrons. The van der Waals surface area contributed by atoms with Crippen LogP contribution in [0.2, 0.25) is 0 Å². The SMILES string of the molecule is CC(C)(C)NCCCOc1ccc2c(c1)CCC2. The van der Waals surface area contributed by atoms with Crippen LogP contribution in [0.3, 0.4) is 0 Å². The molecule has 1 aliphatic carbocycles. The van der Waals surface area contributed by atoms with Crippen molar-refractivity contribution in [1.29, 1.82) is 0 Å². The highest BCUT2D eigenvalue weighted by molar-refractivity contribution is 5.38. The molecule has 18 heavy (non-hydrogen) atoms. The second kappa shape index (κ2) is 5.75. The Balaban J connectivity index is 1.71. The molecule has 1 aliphatic rings. The van der Waals surface area contributed by atoms with E-state index in [1.165, 1.54) is 30.4 Å². The molecule has 0 bridgehead atoms. The molecule has 0 heterocycles. The van der Waals surface area contributed by atoms with Gasteiger partial charge in [-0.25, -0.2) is 0 Å². The van der Waals surface area contributed by atoms with Crippen LogP contribution in [-0.4, -0.2) is 18.7 Å². The van der Waals surface area contributed by atoms with Gasteiger partial charge in [-0.05, 0) is 76.3 Å². The maximum atomic E-state index is 5.81. The second-order valence-electron chi connectivity index (χ2n) is 6.16. The van der Waals surface area contributed by atoms with Crippen LogP contribution in [0, 0.1) is 0 Å². The Hall–Kier alpha value is -1.02. The number of ether oxygens (including phenoxy) is 1. The van der Waals surface area contributed by atoms with Gasteiger partial charge < -0.3 is 10.1 Å². The third kappa shape index (κ3) is 4.02. The standard InChI is InChI=1S/C16H25NO/c1-16(2,3)17-10-5-11-18-15-9-8-13-6-4-7-14(13)12-15/h8-9,12,17H,4-7,10-11H2,1-3H3. The van der Waals surface area contributed by atoms with Crippen molar-refractivity contribution in [2.45, 2.75) is 52.0 Å². The summed E-state index contributed by atoms with van der Waals surface area (Å²) in [4.78, 5) is 0. The number of fused-ring (bicyclic) bond motifs is 1. The normalized spacial score (nSPS) is 14.6. The van der Waals surface area contributed by atoms with Gasteiger partial charge in [0, 0.05) is 5.54 Å². The van der Waals surface area contributed by atoms with Gasteiger partial charge in [0.25, 0.3) is 0 Å². The number of hydrogen-bond donors (Lipinski definition) is 1. The molecule has 2 nitrogen and oxygen atoms in total. The number of aryl methyl sites for hydroxylation is 2. The Labute approximate surface area is 111 Å². The minimum Gasteiger partial charge on any atom is -0.494 e. The van der Waals surface area contributed by atoms with E-state index in [0.29, 0.717) is 0 Å². The number of nitrogens with one attached hydrogen (secondary N) is 1. The monoisotopic (exact) mass is 247 g/mol. The predicted molar refractivity (Wildman–Crippen MR) is 76.3 cm³/mol. The highest BCUT2D eigenvalue weighted by atomic mass is 16.5. The molecule has 0 aromatic heterocycles. The van der Waals surface area contributed by atoms with E-state index in [2.05, 4.69) is 44.3 Å². The van der Waals surface area contributed by atoms with Crippen molar-refractivity contribution >= 4 is 0 Å². The molecule has 0 unspecified atom stereocenters. The molecule has 2 rings (SSSR count). The molecule has 1 aromatic carbocycles. The van der Waals surface area contributed by atoms with Gasteiger partial charge in [-0.1, -0.05) is 6.07 Å². The van der Waals surface area contributed by atoms with E-state index in [4.69, 9.17) is 4.74 Å². The lowest BCUT2D eigenvalue weighted by Crippen LogP contribution is -2.36. The van der Waals surface area contributed by atoms with E-state index in [0.717, 1.165) is 25.3 Å². The molecular weight excluding hydrogens is 222 g/mol. The number of hydrogen-bond acceptors (Lipinski definition) is 2. The molecule has 1 aromatic rings. The highest BCUT2D eigenvalue weighted by Gasteiger charge is 2.11. The van der Waals surface area contributed by atoms with Crippen LogP contribution < -0.4 is 10.1 Å². The summed E-state index contributed by atoms with van der Waals surface area (Å²) in [6.45, 7) is 8.37. The fourth-order valence-electron chi connectivity index (χ4n) is 2.36. The molecule has 0 saturated carbocycles. The maximum absolute atomic E-state index is 5.81. The summed E-state index contributed by atoms with van der Waals surface area (Å²) in [6.07, 6.45) is 4.81. The van der Waals surface area contributed by atoms with Crippen molar-refractivity contribution in [2.75, 3.05) is 13.2 Å². The molecule has 0 aliphatic heterocycles. The van der Waals surface area contributed by atoms with E-state index < -0.39 is 0 Å². The highest BCUT2D eigenvalue weighted by Crippen LogP contribution is 2.25. The zero-order valence-corrected chi connectivity index (χ0v) is 11.9. The van der Waals surface area contributed by atoms with Gasteiger partial charge in [0.2, 0.25) is 0 Å². The fourth-order valence-corrected chi connectivity index (χ4v) is 2.36. The molecule has 2 heteroatoms. The first-order valence-corrected chi connectivity index (χ1v) is 7.04. The maximum Gasteiger partial charge on any atom is 0.119 e. The van der Waals surface area contributed by atoms with Gasteiger partial charge >= 0.3 is 0 Å². The first-order valence-electron chi connectivity index (χ1n) is 7.04. The Kier molecular flexibility index (Phi) is 4.28. The minimum atomic E-state index is 0.202. The lowest BCUT2D eigenvalue weighted by atomic mass is 10.1. The van der Waals surface area contributed by atoms with Crippen molar-refractivity contribution in [1.82, 2.24) is 5.32 Å². The molecule has 0 amide bonds. The van der Waals surface area contributed by atoms with E-state index in [9.17, 15) is 0 Å².